The summed E-state index contributed by atoms with van der Waals surface area (Å²) in [6.45, 7) is -0.474. The van der Waals surface area contributed by atoms with Crippen LogP contribution >= 0.6 is 0 Å². The first kappa shape index (κ1) is 20.7. The highest BCUT2D eigenvalue weighted by Gasteiger charge is 2.04. The van der Waals surface area contributed by atoms with Gasteiger partial charge in [-0.3, -0.25) is 9.11 Å². The van der Waals surface area contributed by atoms with E-state index in [0.717, 1.165) is 5.69 Å². The molecule has 0 unspecified atom stereocenters. The summed E-state index contributed by atoms with van der Waals surface area (Å²) in [5.74, 6) is 0. The Morgan fingerprint density at radius 2 is 1.32 bits per heavy atom. The molecule has 1 aromatic carbocycles. The molecule has 10 nitrogen and oxygen atoms in total. The third-order valence-electron chi connectivity index (χ3n) is 1.82. The summed E-state index contributed by atoms with van der Waals surface area (Å²) in [5, 5.41) is 2.53. The summed E-state index contributed by atoms with van der Waals surface area (Å²) in [6.07, 6.45) is 0. The van der Waals surface area contributed by atoms with Crippen LogP contribution < -0.4 is 11.1 Å². The van der Waals surface area contributed by atoms with Crippen LogP contribution in [0.4, 0.5) is 5.69 Å². The largest absolute Gasteiger partial charge is 0.399 e. The maximum atomic E-state index is 10.0. The minimum absolute atomic E-state index is 0.0641. The highest BCUT2D eigenvalue weighted by Crippen LogP contribution is 1.95. The van der Waals surface area contributed by atoms with Gasteiger partial charge < -0.3 is 11.1 Å². The Balaban J connectivity index is 0.000000518. The molecule has 0 heterocycles. The summed E-state index contributed by atoms with van der Waals surface area (Å²) >= 11 is 0. The minimum Gasteiger partial charge on any atom is -0.399 e. The molecule has 5 N–H and O–H groups in total. The number of nitrogens with one attached hydrogen (secondary N) is 1. The van der Waals surface area contributed by atoms with Crippen molar-refractivity contribution in [2.24, 2.45) is 0 Å². The monoisotopic (exact) mass is 358 g/mol. The fourth-order valence-corrected chi connectivity index (χ4v) is 1.60. The van der Waals surface area contributed by atoms with Crippen molar-refractivity contribution in [1.29, 1.82) is 0 Å². The molecule has 0 saturated heterocycles. The zero-order valence-corrected chi connectivity index (χ0v) is 13.1. The molecule has 0 fully saturated rings. The molecule has 0 spiro atoms. The van der Waals surface area contributed by atoms with Crippen LogP contribution in [0.1, 0.15) is 0 Å². The van der Waals surface area contributed by atoms with E-state index in [0.29, 0.717) is 0 Å². The zero-order valence-electron chi connectivity index (χ0n) is 11.5. The summed E-state index contributed by atoms with van der Waals surface area (Å²) in [4.78, 5) is 0. The predicted octanol–water partition coefficient (Wildman–Crippen LogP) is -0.516. The van der Waals surface area contributed by atoms with Gasteiger partial charge >= 0.3 is 20.8 Å². The van der Waals surface area contributed by atoms with Gasteiger partial charge in [0, 0.05) is 18.8 Å². The van der Waals surface area contributed by atoms with Gasteiger partial charge in [0.2, 0.25) is 0 Å². The molecule has 22 heavy (non-hydrogen) atoms. The standard InChI is InChI=1S/C6H7N.C4H11NO8S2/c7-6-4-2-1-3-5-6;6-14(7,8)12-3-1-5-2-4-13-15(9,10)11/h1-5H,7H2;5H,1-4H2,(H,6,7,8)(H,9,10,11). The Morgan fingerprint density at radius 1 is 0.909 bits per heavy atom. The molecule has 0 aromatic heterocycles. The molecule has 0 aliphatic carbocycles. The van der Waals surface area contributed by atoms with Gasteiger partial charge in [-0.15, -0.1) is 0 Å². The maximum absolute atomic E-state index is 10.0. The Kier molecular flexibility index (Phi) is 9.84. The van der Waals surface area contributed by atoms with Gasteiger partial charge in [0.1, 0.15) is 0 Å². The van der Waals surface area contributed by atoms with Gasteiger partial charge in [-0.1, -0.05) is 18.2 Å². The SMILES string of the molecule is Nc1ccccc1.O=S(=O)(O)OCCNCCOS(=O)(=O)O. The van der Waals surface area contributed by atoms with Crippen LogP contribution in [-0.2, 0) is 29.2 Å². The number of para-hydroxylation sites is 1. The van der Waals surface area contributed by atoms with E-state index in [-0.39, 0.29) is 26.3 Å². The van der Waals surface area contributed by atoms with Crippen molar-refractivity contribution >= 4 is 26.5 Å². The second-order valence-corrected chi connectivity index (χ2v) is 5.84. The lowest BCUT2D eigenvalue weighted by Gasteiger charge is -2.03. The summed E-state index contributed by atoms with van der Waals surface area (Å²) in [7, 11) is -8.89. The van der Waals surface area contributed by atoms with Crippen molar-refractivity contribution in [3.63, 3.8) is 0 Å². The number of rotatable bonds is 8. The van der Waals surface area contributed by atoms with Crippen molar-refractivity contribution in [3.05, 3.63) is 30.3 Å². The lowest BCUT2D eigenvalue weighted by molar-refractivity contribution is 0.252. The summed E-state index contributed by atoms with van der Waals surface area (Å²) < 4.78 is 64.2. The van der Waals surface area contributed by atoms with E-state index in [4.69, 9.17) is 14.8 Å². The van der Waals surface area contributed by atoms with Crippen molar-refractivity contribution in [2.75, 3.05) is 32.0 Å². The molecule has 1 aromatic rings. The Hall–Kier alpha value is -1.28. The van der Waals surface area contributed by atoms with Crippen LogP contribution in [0.5, 0.6) is 0 Å². The molecule has 0 radical (unpaired) electrons. The van der Waals surface area contributed by atoms with E-state index >= 15 is 0 Å². The van der Waals surface area contributed by atoms with Crippen molar-refractivity contribution in [3.8, 4) is 0 Å². The summed E-state index contributed by atoms with van der Waals surface area (Å²) in [6, 6.07) is 9.49. The predicted molar refractivity (Wildman–Crippen MR) is 78.7 cm³/mol. The molecule has 0 amide bonds. The van der Waals surface area contributed by atoms with E-state index in [9.17, 15) is 16.8 Å². The van der Waals surface area contributed by atoms with Crippen LogP contribution in [0.2, 0.25) is 0 Å². The minimum atomic E-state index is -4.45. The van der Waals surface area contributed by atoms with Crippen LogP contribution in [0.15, 0.2) is 30.3 Å². The third-order valence-corrected chi connectivity index (χ3v) is 2.75. The topological polar surface area (TPSA) is 165 Å². The number of nitrogens with two attached hydrogens (primary N) is 1. The number of nitrogen functional groups attached to an aromatic ring is 1. The first-order valence-electron chi connectivity index (χ1n) is 5.85. The normalized spacial score (nSPS) is 11.5. The number of benzene rings is 1. The smallest absolute Gasteiger partial charge is 0.397 e. The first-order valence-corrected chi connectivity index (χ1v) is 8.58. The average molecular weight is 358 g/mol. The molecule has 128 valence electrons. The van der Waals surface area contributed by atoms with Gasteiger partial charge in [-0.25, -0.2) is 8.37 Å². The second kappa shape index (κ2) is 10.4. The number of hydrogen-bond donors (Lipinski definition) is 4. The fraction of sp³-hybridized carbons (Fsp3) is 0.400. The quantitative estimate of drug-likeness (QED) is 0.270. The van der Waals surface area contributed by atoms with Gasteiger partial charge in [0.05, 0.1) is 13.2 Å². The molecule has 12 heteroatoms. The molecule has 0 aliphatic heterocycles. The van der Waals surface area contributed by atoms with E-state index in [1.54, 1.807) is 0 Å². The van der Waals surface area contributed by atoms with E-state index in [2.05, 4.69) is 13.7 Å². The van der Waals surface area contributed by atoms with Crippen molar-refractivity contribution in [2.45, 2.75) is 0 Å². The van der Waals surface area contributed by atoms with Crippen molar-refractivity contribution < 1.29 is 34.3 Å². The third kappa shape index (κ3) is 16.8. The fourth-order valence-electron chi connectivity index (χ4n) is 1.02. The van der Waals surface area contributed by atoms with Crippen LogP contribution in [0.25, 0.3) is 0 Å². The van der Waals surface area contributed by atoms with Crippen LogP contribution in [0, 0.1) is 0 Å². The number of hydrogen-bond acceptors (Lipinski definition) is 8. The lowest BCUT2D eigenvalue weighted by Crippen LogP contribution is -2.25. The second-order valence-electron chi connectivity index (χ2n) is 3.66. The van der Waals surface area contributed by atoms with E-state index in [1.807, 2.05) is 30.3 Å². The average Bonchev–Trinajstić information content (AvgIpc) is 2.36. The molecular formula is C10H18N2O8S2. The lowest BCUT2D eigenvalue weighted by atomic mass is 10.3. The highest BCUT2D eigenvalue weighted by atomic mass is 32.3. The van der Waals surface area contributed by atoms with Crippen LogP contribution in [-0.4, -0.2) is 52.2 Å². The molecule has 0 aliphatic rings. The highest BCUT2D eigenvalue weighted by molar-refractivity contribution is 7.81. The maximum Gasteiger partial charge on any atom is 0.397 e. The molecule has 1 rings (SSSR count). The molecule has 0 saturated carbocycles. The van der Waals surface area contributed by atoms with E-state index < -0.39 is 20.8 Å². The van der Waals surface area contributed by atoms with Crippen LogP contribution in [0.3, 0.4) is 0 Å². The zero-order chi connectivity index (χ0) is 17.1. The Labute approximate surface area is 129 Å². The van der Waals surface area contributed by atoms with Crippen molar-refractivity contribution in [1.82, 2.24) is 5.32 Å². The van der Waals surface area contributed by atoms with Gasteiger partial charge in [-0.05, 0) is 12.1 Å². The van der Waals surface area contributed by atoms with E-state index in [1.165, 1.54) is 0 Å². The Morgan fingerprint density at radius 3 is 1.59 bits per heavy atom. The Bertz CT molecular complexity index is 567. The summed E-state index contributed by atoms with van der Waals surface area (Å²) in [5.41, 5.74) is 6.18. The molecule has 0 atom stereocenters. The molecular weight excluding hydrogens is 340 g/mol. The van der Waals surface area contributed by atoms with Gasteiger partial charge in [0.25, 0.3) is 0 Å². The molecule has 0 bridgehead atoms. The first-order chi connectivity index (χ1) is 10.1. The van der Waals surface area contributed by atoms with Gasteiger partial charge in [0.15, 0.2) is 0 Å². The number of anilines is 1. The van der Waals surface area contributed by atoms with Gasteiger partial charge in [-0.2, -0.15) is 16.8 Å².